The van der Waals surface area contributed by atoms with Gasteiger partial charge in [0.25, 0.3) is 5.69 Å². The van der Waals surface area contributed by atoms with E-state index in [1.165, 1.54) is 12.1 Å². The van der Waals surface area contributed by atoms with Crippen LogP contribution in [0.15, 0.2) is 36.4 Å². The molecule has 0 amide bonds. The van der Waals surface area contributed by atoms with Gasteiger partial charge in [-0.15, -0.1) is 0 Å². The molecule has 1 fully saturated rings. The molecule has 0 spiro atoms. The van der Waals surface area contributed by atoms with Gasteiger partial charge in [0.05, 0.1) is 24.2 Å². The Kier molecular flexibility index (Phi) is 3.55. The van der Waals surface area contributed by atoms with E-state index in [-0.39, 0.29) is 29.7 Å². The van der Waals surface area contributed by atoms with Gasteiger partial charge in [0.1, 0.15) is 0 Å². The maximum Gasteiger partial charge on any atom is 0.269 e. The Morgan fingerprint density at radius 1 is 1.43 bits per heavy atom. The molecule has 0 saturated carbocycles. The lowest BCUT2D eigenvalue weighted by molar-refractivity contribution is -0.384. The fraction of sp³-hybridized carbons (Fsp3) is 0.500. The minimum atomic E-state index is -0.395. The Morgan fingerprint density at radius 3 is 2.76 bits per heavy atom. The van der Waals surface area contributed by atoms with Gasteiger partial charge in [0, 0.05) is 17.5 Å². The van der Waals surface area contributed by atoms with Crippen molar-refractivity contribution in [2.45, 2.75) is 19.4 Å². The monoisotopic (exact) mass is 289 g/mol. The highest BCUT2D eigenvalue weighted by Gasteiger charge is 2.44. The second-order valence-corrected chi connectivity index (χ2v) is 6.19. The Hall–Kier alpha value is -1.72. The molecule has 1 aromatic rings. The summed E-state index contributed by atoms with van der Waals surface area (Å²) < 4.78 is 6.01. The summed E-state index contributed by atoms with van der Waals surface area (Å²) in [5, 5.41) is 20.4. The van der Waals surface area contributed by atoms with Gasteiger partial charge in [-0.1, -0.05) is 19.1 Å². The quantitative estimate of drug-likeness (QED) is 0.527. The molecular weight excluding hydrogens is 270 g/mol. The number of hydrogen-bond donors (Lipinski definition) is 1. The molecule has 1 unspecified atom stereocenters. The summed E-state index contributed by atoms with van der Waals surface area (Å²) in [7, 11) is 0. The van der Waals surface area contributed by atoms with E-state index in [1.807, 2.05) is 0 Å². The van der Waals surface area contributed by atoms with Crippen molar-refractivity contribution >= 4 is 5.69 Å². The van der Waals surface area contributed by atoms with Crippen molar-refractivity contribution in [1.82, 2.24) is 0 Å². The third-order valence-corrected chi connectivity index (χ3v) is 4.76. The first kappa shape index (κ1) is 14.2. The lowest BCUT2D eigenvalue weighted by atomic mass is 9.66. The number of nitro benzene ring substituents is 1. The molecule has 2 aliphatic rings. The van der Waals surface area contributed by atoms with E-state index in [0.29, 0.717) is 12.5 Å². The highest BCUT2D eigenvalue weighted by molar-refractivity contribution is 5.34. The molecule has 1 aliphatic heterocycles. The first-order valence-electron chi connectivity index (χ1n) is 7.21. The number of nitrogens with zero attached hydrogens (tertiary/aromatic N) is 1. The van der Waals surface area contributed by atoms with Crippen LogP contribution in [0.3, 0.4) is 0 Å². The van der Waals surface area contributed by atoms with Crippen LogP contribution in [0.5, 0.6) is 0 Å². The molecular formula is C16H19NO4. The minimum absolute atomic E-state index is 0.0644. The van der Waals surface area contributed by atoms with E-state index in [0.717, 1.165) is 12.0 Å². The van der Waals surface area contributed by atoms with Crippen molar-refractivity contribution in [1.29, 1.82) is 0 Å². The zero-order valence-corrected chi connectivity index (χ0v) is 11.9. The maximum atomic E-state index is 10.7. The smallest absolute Gasteiger partial charge is 0.269 e. The van der Waals surface area contributed by atoms with Gasteiger partial charge in [0.2, 0.25) is 0 Å². The molecule has 21 heavy (non-hydrogen) atoms. The first-order valence-corrected chi connectivity index (χ1v) is 7.21. The normalized spacial score (nSPS) is 34.7. The molecule has 5 heteroatoms. The van der Waals surface area contributed by atoms with Crippen LogP contribution in [-0.2, 0) is 4.74 Å². The number of nitro groups is 1. The summed E-state index contributed by atoms with van der Waals surface area (Å²) in [5.41, 5.74) is 0.809. The Balaban J connectivity index is 1.87. The topological polar surface area (TPSA) is 72.6 Å². The van der Waals surface area contributed by atoms with Crippen LogP contribution < -0.4 is 0 Å². The number of non-ortho nitro benzene ring substituents is 1. The Labute approximate surface area is 123 Å². The predicted molar refractivity (Wildman–Crippen MR) is 77.7 cm³/mol. The average Bonchev–Trinajstić information content (AvgIpc) is 2.52. The highest BCUT2D eigenvalue weighted by Crippen LogP contribution is 2.49. The lowest BCUT2D eigenvalue weighted by Gasteiger charge is -2.47. The summed E-state index contributed by atoms with van der Waals surface area (Å²) in [6, 6.07) is 6.60. The Bertz CT molecular complexity index is 568. The van der Waals surface area contributed by atoms with Crippen LogP contribution in [0.2, 0.25) is 0 Å². The second-order valence-electron chi connectivity index (χ2n) is 6.19. The molecule has 2 bridgehead atoms. The largest absolute Gasteiger partial charge is 0.395 e. The predicted octanol–water partition coefficient (Wildman–Crippen LogP) is 2.86. The number of fused-ring (bicyclic) bond motifs is 2. The summed E-state index contributed by atoms with van der Waals surface area (Å²) >= 11 is 0. The van der Waals surface area contributed by atoms with Gasteiger partial charge in [-0.2, -0.15) is 0 Å². The molecule has 5 nitrogen and oxygen atoms in total. The summed E-state index contributed by atoms with van der Waals surface area (Å²) in [5.74, 6) is 0.655. The molecule has 4 atom stereocenters. The van der Waals surface area contributed by atoms with Crippen molar-refractivity contribution in [2.75, 3.05) is 13.2 Å². The molecule has 0 aromatic heterocycles. The van der Waals surface area contributed by atoms with Crippen LogP contribution in [0.4, 0.5) is 5.69 Å². The zero-order valence-electron chi connectivity index (χ0n) is 11.9. The van der Waals surface area contributed by atoms with Gasteiger partial charge in [-0.3, -0.25) is 10.1 Å². The van der Waals surface area contributed by atoms with E-state index in [9.17, 15) is 15.2 Å². The average molecular weight is 289 g/mol. The van der Waals surface area contributed by atoms with Crippen molar-refractivity contribution in [2.24, 2.45) is 17.3 Å². The molecule has 1 heterocycles. The van der Waals surface area contributed by atoms with Crippen LogP contribution in [0, 0.1) is 27.4 Å². The zero-order chi connectivity index (χ0) is 15.0. The molecule has 1 aliphatic carbocycles. The van der Waals surface area contributed by atoms with Crippen molar-refractivity contribution in [3.05, 3.63) is 52.1 Å². The fourth-order valence-electron chi connectivity index (χ4n) is 3.38. The second kappa shape index (κ2) is 5.24. The van der Waals surface area contributed by atoms with Crippen molar-refractivity contribution in [3.8, 4) is 0 Å². The molecule has 1 aromatic carbocycles. The number of allylic oxidation sites excluding steroid dienone is 1. The van der Waals surface area contributed by atoms with Crippen LogP contribution in [0.25, 0.3) is 0 Å². The SMILES string of the molecule is CC1C=C[C@]2(CO)CO[C@@H](c3ccc([N+](=O)[O-])cc3)[C@H]1C2. The molecule has 1 saturated heterocycles. The van der Waals surface area contributed by atoms with E-state index in [1.54, 1.807) is 12.1 Å². The number of ether oxygens (including phenoxy) is 1. The van der Waals surface area contributed by atoms with E-state index < -0.39 is 4.92 Å². The van der Waals surface area contributed by atoms with Crippen LogP contribution in [-0.4, -0.2) is 23.2 Å². The standard InChI is InChI=1S/C16H19NO4/c1-11-6-7-16(9-18)8-14(11)15(21-10-16)12-2-4-13(5-3-12)17(19)20/h2-7,11,14-15,18H,8-10H2,1H3/t11?,14-,15-,16-/m0/s1. The minimum Gasteiger partial charge on any atom is -0.395 e. The summed E-state index contributed by atoms with van der Waals surface area (Å²) in [6.45, 7) is 2.74. The number of aliphatic hydroxyl groups is 1. The van der Waals surface area contributed by atoms with E-state index >= 15 is 0 Å². The number of benzene rings is 1. The molecule has 3 rings (SSSR count). The molecule has 1 N–H and O–H groups in total. The van der Waals surface area contributed by atoms with Crippen LogP contribution in [0.1, 0.15) is 25.0 Å². The van der Waals surface area contributed by atoms with E-state index in [2.05, 4.69) is 19.1 Å². The third-order valence-electron chi connectivity index (χ3n) is 4.76. The Morgan fingerprint density at radius 2 is 2.14 bits per heavy atom. The molecule has 112 valence electrons. The van der Waals surface area contributed by atoms with Crippen molar-refractivity contribution < 1.29 is 14.8 Å². The number of hydrogen-bond acceptors (Lipinski definition) is 4. The van der Waals surface area contributed by atoms with Gasteiger partial charge < -0.3 is 9.84 Å². The summed E-state index contributed by atoms with van der Waals surface area (Å²) in [4.78, 5) is 10.3. The molecule has 0 radical (unpaired) electrons. The number of rotatable bonds is 3. The van der Waals surface area contributed by atoms with Gasteiger partial charge >= 0.3 is 0 Å². The lowest BCUT2D eigenvalue weighted by Crippen LogP contribution is -2.44. The van der Waals surface area contributed by atoms with Gasteiger partial charge in [-0.25, -0.2) is 0 Å². The van der Waals surface area contributed by atoms with Gasteiger partial charge in [-0.05, 0) is 36.0 Å². The highest BCUT2D eigenvalue weighted by atomic mass is 16.6. The van der Waals surface area contributed by atoms with Gasteiger partial charge in [0.15, 0.2) is 0 Å². The van der Waals surface area contributed by atoms with E-state index in [4.69, 9.17) is 4.74 Å². The summed E-state index contributed by atoms with van der Waals surface area (Å²) in [6.07, 6.45) is 5.07. The fourth-order valence-corrected chi connectivity index (χ4v) is 3.38. The first-order chi connectivity index (χ1) is 10.0. The number of aliphatic hydroxyl groups excluding tert-OH is 1. The maximum absolute atomic E-state index is 10.7. The third kappa shape index (κ3) is 2.47. The van der Waals surface area contributed by atoms with Crippen LogP contribution >= 0.6 is 0 Å². The van der Waals surface area contributed by atoms with Crippen molar-refractivity contribution in [3.63, 3.8) is 0 Å².